The average Bonchev–Trinajstić information content (AvgIpc) is 2.53. The summed E-state index contributed by atoms with van der Waals surface area (Å²) < 4.78 is 45.4. The molecule has 0 unspecified atom stereocenters. The van der Waals surface area contributed by atoms with Crippen LogP contribution in [-0.4, -0.2) is 24.3 Å². The van der Waals surface area contributed by atoms with Crippen LogP contribution in [0.2, 0.25) is 0 Å². The Hall–Kier alpha value is -2.90. The number of hydrogen-bond acceptors (Lipinski definition) is 5. The monoisotopic (exact) mass is 355 g/mol. The Balaban J connectivity index is 2.00. The summed E-state index contributed by atoms with van der Waals surface area (Å²) in [4.78, 5) is 5.16. The minimum absolute atomic E-state index is 0.0332. The molecule has 2 aromatic carbocycles. The lowest BCUT2D eigenvalue weighted by Gasteiger charge is -2.10. The number of hydrogen-bond donors (Lipinski definition) is 1. The van der Waals surface area contributed by atoms with Crippen LogP contribution in [0.25, 0.3) is 0 Å². The molecule has 8 heteroatoms. The zero-order chi connectivity index (χ0) is 18.4. The number of alkyl halides is 3. The Morgan fingerprint density at radius 2 is 1.92 bits per heavy atom. The van der Waals surface area contributed by atoms with Gasteiger partial charge >= 0.3 is 6.36 Å². The maximum absolute atomic E-state index is 12.2. The van der Waals surface area contributed by atoms with E-state index in [0.717, 1.165) is 0 Å². The highest BCUT2D eigenvalue weighted by atomic mass is 19.4. The van der Waals surface area contributed by atoms with Gasteiger partial charge in [0.05, 0.1) is 12.8 Å². The van der Waals surface area contributed by atoms with Crippen molar-refractivity contribution in [2.45, 2.75) is 19.9 Å². The van der Waals surface area contributed by atoms with E-state index in [1.165, 1.54) is 31.4 Å². The molecule has 0 aliphatic carbocycles. The third kappa shape index (κ3) is 5.59. The van der Waals surface area contributed by atoms with E-state index < -0.39 is 6.36 Å². The first kappa shape index (κ1) is 18.4. The summed E-state index contributed by atoms with van der Waals surface area (Å²) in [5, 5.41) is 13.6. The van der Waals surface area contributed by atoms with E-state index in [9.17, 15) is 18.3 Å². The topological polar surface area (TPSA) is 60.3 Å². The quantitative estimate of drug-likeness (QED) is 0.622. The zero-order valence-corrected chi connectivity index (χ0v) is 13.5. The number of nitrogens with zero attached hydrogens (tertiary/aromatic N) is 1. The molecule has 5 nitrogen and oxygen atoms in total. The summed E-state index contributed by atoms with van der Waals surface area (Å²) in [6.07, 6.45) is -4.75. The first-order valence-electron chi connectivity index (χ1n) is 7.17. The smallest absolute Gasteiger partial charge is 0.504 e. The van der Waals surface area contributed by atoms with Gasteiger partial charge in [0, 0.05) is 5.56 Å². The number of ether oxygens (including phenoxy) is 2. The maximum atomic E-state index is 12.2. The molecule has 25 heavy (non-hydrogen) atoms. The van der Waals surface area contributed by atoms with Gasteiger partial charge in [0.15, 0.2) is 11.5 Å². The summed E-state index contributed by atoms with van der Waals surface area (Å²) in [5.74, 6) is -0.0279. The van der Waals surface area contributed by atoms with Crippen molar-refractivity contribution in [2.24, 2.45) is 5.16 Å². The molecule has 0 aliphatic heterocycles. The van der Waals surface area contributed by atoms with Gasteiger partial charge in [-0.05, 0) is 42.8 Å². The van der Waals surface area contributed by atoms with Crippen molar-refractivity contribution in [3.8, 4) is 17.2 Å². The minimum atomic E-state index is -4.75. The second-order valence-corrected chi connectivity index (χ2v) is 5.03. The average molecular weight is 355 g/mol. The fourth-order valence-corrected chi connectivity index (χ4v) is 2.00. The SMILES string of the molecule is COc1ccc(/C(C)=N/OCc2cccc(OC(F)(F)F)c2)cc1O. The van der Waals surface area contributed by atoms with Crippen LogP contribution in [0, 0.1) is 0 Å². The molecule has 1 N–H and O–H groups in total. The van der Waals surface area contributed by atoms with E-state index in [-0.39, 0.29) is 18.1 Å². The van der Waals surface area contributed by atoms with Crippen LogP contribution in [-0.2, 0) is 11.4 Å². The Bertz CT molecular complexity index is 760. The van der Waals surface area contributed by atoms with Gasteiger partial charge in [-0.1, -0.05) is 17.3 Å². The third-order valence-corrected chi connectivity index (χ3v) is 3.16. The maximum Gasteiger partial charge on any atom is 0.573 e. The molecule has 0 amide bonds. The Labute approximate surface area is 142 Å². The highest BCUT2D eigenvalue weighted by Crippen LogP contribution is 2.26. The lowest BCUT2D eigenvalue weighted by Crippen LogP contribution is -2.17. The van der Waals surface area contributed by atoms with Crippen molar-refractivity contribution in [1.29, 1.82) is 0 Å². The van der Waals surface area contributed by atoms with E-state index >= 15 is 0 Å². The Morgan fingerprint density at radius 1 is 1.16 bits per heavy atom. The normalized spacial score (nSPS) is 12.0. The van der Waals surface area contributed by atoms with Gasteiger partial charge in [0.25, 0.3) is 0 Å². The largest absolute Gasteiger partial charge is 0.573 e. The van der Waals surface area contributed by atoms with Crippen molar-refractivity contribution in [3.63, 3.8) is 0 Å². The molecule has 0 atom stereocenters. The number of aromatic hydroxyl groups is 1. The molecule has 0 aliphatic rings. The van der Waals surface area contributed by atoms with Gasteiger partial charge < -0.3 is 19.4 Å². The lowest BCUT2D eigenvalue weighted by atomic mass is 10.1. The Morgan fingerprint density at radius 3 is 2.56 bits per heavy atom. The fraction of sp³-hybridized carbons (Fsp3) is 0.235. The van der Waals surface area contributed by atoms with E-state index in [4.69, 9.17) is 9.57 Å². The van der Waals surface area contributed by atoms with Crippen LogP contribution in [0.3, 0.4) is 0 Å². The zero-order valence-electron chi connectivity index (χ0n) is 13.5. The first-order valence-corrected chi connectivity index (χ1v) is 7.17. The molecular formula is C17H16F3NO4. The number of rotatable bonds is 6. The van der Waals surface area contributed by atoms with Gasteiger partial charge in [0.1, 0.15) is 12.4 Å². The van der Waals surface area contributed by atoms with Crippen LogP contribution in [0.5, 0.6) is 17.2 Å². The van der Waals surface area contributed by atoms with Gasteiger partial charge in [-0.3, -0.25) is 0 Å². The molecule has 2 rings (SSSR count). The van der Waals surface area contributed by atoms with E-state index in [1.54, 1.807) is 25.1 Å². The number of oxime groups is 1. The summed E-state index contributed by atoms with van der Waals surface area (Å²) in [6.45, 7) is 1.64. The molecule has 0 bridgehead atoms. The molecule has 0 heterocycles. The molecule has 0 fully saturated rings. The number of phenols is 1. The van der Waals surface area contributed by atoms with E-state index in [0.29, 0.717) is 22.6 Å². The van der Waals surface area contributed by atoms with Crippen molar-refractivity contribution in [1.82, 2.24) is 0 Å². The lowest BCUT2D eigenvalue weighted by molar-refractivity contribution is -0.274. The molecule has 0 spiro atoms. The second-order valence-electron chi connectivity index (χ2n) is 5.03. The van der Waals surface area contributed by atoms with Crippen LogP contribution in [0.4, 0.5) is 13.2 Å². The minimum Gasteiger partial charge on any atom is -0.504 e. The van der Waals surface area contributed by atoms with Gasteiger partial charge in [0.2, 0.25) is 0 Å². The van der Waals surface area contributed by atoms with Crippen LogP contribution in [0.15, 0.2) is 47.6 Å². The highest BCUT2D eigenvalue weighted by Gasteiger charge is 2.31. The third-order valence-electron chi connectivity index (χ3n) is 3.16. The first-order chi connectivity index (χ1) is 11.8. The second kappa shape index (κ2) is 7.78. The molecule has 2 aromatic rings. The summed E-state index contributed by atoms with van der Waals surface area (Å²) in [7, 11) is 1.44. The van der Waals surface area contributed by atoms with Crippen molar-refractivity contribution >= 4 is 5.71 Å². The number of benzene rings is 2. The van der Waals surface area contributed by atoms with Crippen LogP contribution >= 0.6 is 0 Å². The van der Waals surface area contributed by atoms with Crippen LogP contribution < -0.4 is 9.47 Å². The van der Waals surface area contributed by atoms with Gasteiger partial charge in [-0.25, -0.2) is 0 Å². The molecule has 0 aromatic heterocycles. The Kier molecular flexibility index (Phi) is 5.74. The number of halogens is 3. The van der Waals surface area contributed by atoms with Crippen molar-refractivity contribution in [2.75, 3.05) is 7.11 Å². The van der Waals surface area contributed by atoms with Crippen molar-refractivity contribution in [3.05, 3.63) is 53.6 Å². The van der Waals surface area contributed by atoms with Crippen molar-refractivity contribution < 1.29 is 32.6 Å². The number of phenolic OH excluding ortho intramolecular Hbond substituents is 1. The van der Waals surface area contributed by atoms with Gasteiger partial charge in [-0.15, -0.1) is 13.2 Å². The summed E-state index contributed by atoms with van der Waals surface area (Å²) in [6, 6.07) is 10.2. The molecule has 0 saturated carbocycles. The molecular weight excluding hydrogens is 339 g/mol. The van der Waals surface area contributed by atoms with Gasteiger partial charge in [-0.2, -0.15) is 0 Å². The van der Waals surface area contributed by atoms with E-state index in [2.05, 4.69) is 9.89 Å². The number of methoxy groups -OCH3 is 1. The molecule has 134 valence electrons. The fourth-order valence-electron chi connectivity index (χ4n) is 2.00. The summed E-state index contributed by atoms with van der Waals surface area (Å²) >= 11 is 0. The summed E-state index contributed by atoms with van der Waals surface area (Å²) in [5.41, 5.74) is 1.57. The standard InChI is InChI=1S/C17H16F3NO4/c1-11(13-6-7-16(23-2)15(22)9-13)21-24-10-12-4-3-5-14(8-12)25-17(18,19)20/h3-9,22H,10H2,1-2H3/b21-11+. The molecule has 0 radical (unpaired) electrons. The van der Waals surface area contributed by atoms with Crippen LogP contribution in [0.1, 0.15) is 18.1 Å². The highest BCUT2D eigenvalue weighted by molar-refractivity contribution is 5.98. The molecule has 0 saturated heterocycles. The predicted molar refractivity (Wildman–Crippen MR) is 84.8 cm³/mol. The van der Waals surface area contributed by atoms with E-state index in [1.807, 2.05) is 0 Å². The predicted octanol–water partition coefficient (Wildman–Crippen LogP) is 4.24.